The third kappa shape index (κ3) is 6.29. The summed E-state index contributed by atoms with van der Waals surface area (Å²) in [4.78, 5) is 2.24. The van der Waals surface area contributed by atoms with Gasteiger partial charge in [-0.2, -0.15) is 13.2 Å². The van der Waals surface area contributed by atoms with Crippen molar-refractivity contribution in [3.8, 4) is 11.5 Å². The molecule has 0 spiro atoms. The van der Waals surface area contributed by atoms with Gasteiger partial charge < -0.3 is 9.47 Å². The molecule has 10 heteroatoms. The molecule has 2 aromatic carbocycles. The van der Waals surface area contributed by atoms with Gasteiger partial charge in [-0.15, -0.1) is 0 Å². The van der Waals surface area contributed by atoms with Crippen molar-refractivity contribution in [1.29, 1.82) is 0 Å². The number of benzene rings is 2. The highest BCUT2D eigenvalue weighted by atomic mass is 32.2. The van der Waals surface area contributed by atoms with E-state index in [4.69, 9.17) is 9.47 Å². The van der Waals surface area contributed by atoms with Crippen LogP contribution in [0.15, 0.2) is 42.5 Å². The summed E-state index contributed by atoms with van der Waals surface area (Å²) < 4.78 is 79.0. The van der Waals surface area contributed by atoms with Crippen molar-refractivity contribution in [3.05, 3.63) is 59.2 Å². The molecule has 1 aliphatic carbocycles. The third-order valence-corrected chi connectivity index (χ3v) is 8.95. The average molecular weight is 551 g/mol. The van der Waals surface area contributed by atoms with E-state index in [9.17, 15) is 21.6 Å². The van der Waals surface area contributed by atoms with Crippen LogP contribution in [0.5, 0.6) is 11.5 Å². The molecule has 1 N–H and O–H groups in total. The number of nitrogens with one attached hydrogen (secondary N) is 1. The molecular formula is C28H33F3N2O4S. The molecule has 5 rings (SSSR count). The van der Waals surface area contributed by atoms with Crippen molar-refractivity contribution in [1.82, 2.24) is 4.90 Å². The lowest BCUT2D eigenvalue weighted by atomic mass is 9.97. The fraction of sp³-hybridized carbons (Fsp3) is 0.500. The van der Waals surface area contributed by atoms with Gasteiger partial charge in [-0.05, 0) is 68.9 Å². The van der Waals surface area contributed by atoms with Crippen molar-refractivity contribution < 1.29 is 31.1 Å². The summed E-state index contributed by atoms with van der Waals surface area (Å²) in [6, 6.07) is 9.03. The van der Waals surface area contributed by atoms with Crippen LogP contribution in [0.4, 0.5) is 18.9 Å². The normalized spacial score (nSPS) is 19.4. The van der Waals surface area contributed by atoms with Gasteiger partial charge in [0.25, 0.3) is 0 Å². The number of rotatable bonds is 9. The molecule has 0 amide bonds. The van der Waals surface area contributed by atoms with E-state index < -0.39 is 27.4 Å². The summed E-state index contributed by atoms with van der Waals surface area (Å²) in [5.74, 6) is 1.20. The van der Waals surface area contributed by atoms with Gasteiger partial charge in [0.15, 0.2) is 11.5 Å². The van der Waals surface area contributed by atoms with Gasteiger partial charge in [-0.25, -0.2) is 8.42 Å². The van der Waals surface area contributed by atoms with Gasteiger partial charge in [-0.1, -0.05) is 18.2 Å². The van der Waals surface area contributed by atoms with E-state index >= 15 is 0 Å². The van der Waals surface area contributed by atoms with Gasteiger partial charge in [0.05, 0.1) is 23.1 Å². The highest BCUT2D eigenvalue weighted by molar-refractivity contribution is 7.93. The first-order valence-electron chi connectivity index (χ1n) is 13.0. The maximum atomic E-state index is 13.1. The van der Waals surface area contributed by atoms with Crippen LogP contribution in [0.25, 0.3) is 5.57 Å². The number of fused-ring (bicyclic) bond motifs is 1. The molecule has 0 radical (unpaired) electrons. The smallest absolute Gasteiger partial charge is 0.416 e. The largest absolute Gasteiger partial charge is 0.490 e. The average Bonchev–Trinajstić information content (AvgIpc) is 3.65. The second-order valence-electron chi connectivity index (χ2n) is 10.9. The molecule has 0 aromatic heterocycles. The van der Waals surface area contributed by atoms with E-state index in [1.165, 1.54) is 12.1 Å². The minimum absolute atomic E-state index is 0.319. The van der Waals surface area contributed by atoms with Crippen molar-refractivity contribution in [2.24, 2.45) is 0 Å². The Balaban J connectivity index is 1.17. The highest BCUT2D eigenvalue weighted by Crippen LogP contribution is 2.44. The van der Waals surface area contributed by atoms with Crippen molar-refractivity contribution in [3.63, 3.8) is 0 Å². The van der Waals surface area contributed by atoms with E-state index in [-0.39, 0.29) is 5.25 Å². The highest BCUT2D eigenvalue weighted by Gasteiger charge is 2.37. The van der Waals surface area contributed by atoms with Gasteiger partial charge in [0, 0.05) is 37.7 Å². The van der Waals surface area contributed by atoms with E-state index in [0.29, 0.717) is 61.6 Å². The van der Waals surface area contributed by atoms with E-state index in [1.807, 2.05) is 26.0 Å². The Kier molecular flexibility index (Phi) is 7.15. The Morgan fingerprint density at radius 3 is 2.66 bits per heavy atom. The SMILES string of the molecule is CC1(C)Cc2cc(NS(=O)(=O)C3CC3)cc(OCCCN3CC=C(c4cccc(C(F)(F)F)c4)CC3)c2O1. The molecule has 2 aromatic rings. The molecule has 0 unspecified atom stereocenters. The van der Waals surface area contributed by atoms with Gasteiger partial charge >= 0.3 is 6.18 Å². The maximum Gasteiger partial charge on any atom is 0.416 e. The van der Waals surface area contributed by atoms with E-state index in [0.717, 1.165) is 36.7 Å². The van der Waals surface area contributed by atoms with Gasteiger partial charge in [0.1, 0.15) is 5.60 Å². The van der Waals surface area contributed by atoms with Crippen LogP contribution in [-0.2, 0) is 22.6 Å². The number of hydrogen-bond donors (Lipinski definition) is 1. The summed E-state index contributed by atoms with van der Waals surface area (Å²) in [7, 11) is -3.39. The number of alkyl halides is 3. The molecule has 0 bridgehead atoms. The number of nitrogens with zero attached hydrogens (tertiary/aromatic N) is 1. The summed E-state index contributed by atoms with van der Waals surface area (Å²) in [6.07, 6.45) is 1.11. The molecule has 38 heavy (non-hydrogen) atoms. The molecule has 1 saturated carbocycles. The molecule has 2 heterocycles. The second-order valence-corrected chi connectivity index (χ2v) is 12.9. The predicted octanol–water partition coefficient (Wildman–Crippen LogP) is 5.88. The number of sulfonamides is 1. The molecule has 2 aliphatic heterocycles. The fourth-order valence-corrected chi connectivity index (χ4v) is 6.38. The lowest BCUT2D eigenvalue weighted by molar-refractivity contribution is -0.137. The van der Waals surface area contributed by atoms with Crippen molar-refractivity contribution in [2.75, 3.05) is 31.0 Å². The topological polar surface area (TPSA) is 67.9 Å². The summed E-state index contributed by atoms with van der Waals surface area (Å²) in [5, 5.41) is -0.319. The zero-order chi connectivity index (χ0) is 27.1. The lowest BCUT2D eigenvalue weighted by Gasteiger charge is -2.26. The number of ether oxygens (including phenoxy) is 2. The quantitative estimate of drug-likeness (QED) is 0.395. The summed E-state index contributed by atoms with van der Waals surface area (Å²) in [5.41, 5.74) is 1.95. The van der Waals surface area contributed by atoms with Crippen molar-refractivity contribution >= 4 is 21.3 Å². The van der Waals surface area contributed by atoms with Crippen molar-refractivity contribution in [2.45, 2.75) is 63.0 Å². The second kappa shape index (κ2) is 10.1. The monoisotopic (exact) mass is 550 g/mol. The maximum absolute atomic E-state index is 13.1. The predicted molar refractivity (Wildman–Crippen MR) is 141 cm³/mol. The lowest BCUT2D eigenvalue weighted by Crippen LogP contribution is -2.30. The Bertz CT molecular complexity index is 1330. The first-order valence-corrected chi connectivity index (χ1v) is 14.5. The zero-order valence-electron chi connectivity index (χ0n) is 21.6. The standard InChI is InChI=1S/C28H33F3N2O4S/c1-27(2)18-21-16-23(32-38(34,35)24-7-8-24)17-25(26(21)37-27)36-14-4-11-33-12-9-19(10-13-33)20-5-3-6-22(15-20)28(29,30)31/h3,5-6,9,15-17,24,32H,4,7-8,10-14,18H2,1-2H3. The zero-order valence-corrected chi connectivity index (χ0v) is 22.4. The van der Waals surface area contributed by atoms with Gasteiger partial charge in [-0.3, -0.25) is 9.62 Å². The van der Waals surface area contributed by atoms with E-state index in [2.05, 4.69) is 9.62 Å². The molecule has 0 saturated heterocycles. The molecule has 3 aliphatic rings. The van der Waals surface area contributed by atoms with Crippen LogP contribution in [-0.4, -0.2) is 50.4 Å². The number of anilines is 1. The van der Waals surface area contributed by atoms with Crippen LogP contribution in [0.2, 0.25) is 0 Å². The first kappa shape index (κ1) is 26.9. The van der Waals surface area contributed by atoms with Crippen LogP contribution in [0.3, 0.4) is 0 Å². The Morgan fingerprint density at radius 1 is 1.18 bits per heavy atom. The molecule has 6 nitrogen and oxygen atoms in total. The van der Waals surface area contributed by atoms with E-state index in [1.54, 1.807) is 12.1 Å². The van der Waals surface area contributed by atoms with Crippen LogP contribution < -0.4 is 14.2 Å². The third-order valence-electron chi connectivity index (χ3n) is 7.08. The molecule has 1 fully saturated rings. The first-order chi connectivity index (χ1) is 17.9. The fourth-order valence-electron chi connectivity index (χ4n) is 5.01. The molecule has 0 atom stereocenters. The Hall–Kier alpha value is -2.72. The number of hydrogen-bond acceptors (Lipinski definition) is 5. The van der Waals surface area contributed by atoms with Crippen LogP contribution in [0, 0.1) is 0 Å². The molecule has 206 valence electrons. The number of halogens is 3. The van der Waals surface area contributed by atoms with Crippen LogP contribution >= 0.6 is 0 Å². The van der Waals surface area contributed by atoms with Crippen LogP contribution in [0.1, 0.15) is 56.2 Å². The Morgan fingerprint density at radius 2 is 1.97 bits per heavy atom. The van der Waals surface area contributed by atoms with Gasteiger partial charge in [0.2, 0.25) is 10.0 Å². The summed E-state index contributed by atoms with van der Waals surface area (Å²) in [6.45, 7) is 6.60. The summed E-state index contributed by atoms with van der Waals surface area (Å²) >= 11 is 0. The molecular weight excluding hydrogens is 517 g/mol. The Labute approximate surface area is 221 Å². The minimum Gasteiger partial charge on any atom is -0.490 e. The minimum atomic E-state index is -4.35.